The lowest BCUT2D eigenvalue weighted by Crippen LogP contribution is -2.27. The molecule has 1 rings (SSSR count). The van der Waals surface area contributed by atoms with Crippen LogP contribution < -0.4 is 11.4 Å². The van der Waals surface area contributed by atoms with Gasteiger partial charge in [0, 0.05) is 6.54 Å². The molecule has 6 nitrogen and oxygen atoms in total. The summed E-state index contributed by atoms with van der Waals surface area (Å²) in [5.41, 5.74) is 4.93. The van der Waals surface area contributed by atoms with Crippen molar-refractivity contribution >= 4 is 11.8 Å². The number of nitrogens with zero attached hydrogens (tertiary/aromatic N) is 2. The molecule has 3 N–H and O–H groups in total. The van der Waals surface area contributed by atoms with Crippen LogP contribution in [0.25, 0.3) is 0 Å². The van der Waals surface area contributed by atoms with Crippen molar-refractivity contribution in [3.8, 4) is 0 Å². The van der Waals surface area contributed by atoms with Gasteiger partial charge in [0.15, 0.2) is 0 Å². The van der Waals surface area contributed by atoms with Crippen molar-refractivity contribution in [2.45, 2.75) is 26.3 Å². The minimum absolute atomic E-state index is 0.0315. The van der Waals surface area contributed by atoms with Crippen molar-refractivity contribution < 1.29 is 9.90 Å². The number of nitrogen functional groups attached to an aromatic ring is 1. The topological polar surface area (TPSA) is 98.2 Å². The van der Waals surface area contributed by atoms with Crippen molar-refractivity contribution in [2.24, 2.45) is 0 Å². The Morgan fingerprint density at radius 1 is 1.67 bits per heavy atom. The summed E-state index contributed by atoms with van der Waals surface area (Å²) in [6.07, 6.45) is 2.64. The van der Waals surface area contributed by atoms with E-state index in [0.717, 1.165) is 19.0 Å². The second-order valence-corrected chi connectivity index (χ2v) is 3.15. The van der Waals surface area contributed by atoms with Crippen LogP contribution in [-0.4, -0.2) is 20.6 Å². The highest BCUT2D eigenvalue weighted by Crippen LogP contribution is 2.08. The third-order valence-electron chi connectivity index (χ3n) is 2.07. The number of hydrogen-bond donors (Lipinski definition) is 2. The first-order valence-electron chi connectivity index (χ1n) is 4.66. The van der Waals surface area contributed by atoms with Crippen LogP contribution in [0.15, 0.2) is 11.0 Å². The van der Waals surface area contributed by atoms with Crippen molar-refractivity contribution in [1.82, 2.24) is 9.55 Å². The standard InChI is InChI=1S/C9H13N3O3/c1-2-3-4-12-7(10)6(8(13)14)5-11-9(12)15/h5H,2-4,10H2,1H3,(H,13,14). The van der Waals surface area contributed by atoms with E-state index in [-0.39, 0.29) is 11.4 Å². The smallest absolute Gasteiger partial charge is 0.349 e. The van der Waals surface area contributed by atoms with Crippen molar-refractivity contribution in [3.05, 3.63) is 22.2 Å². The Kier molecular flexibility index (Phi) is 3.43. The summed E-state index contributed by atoms with van der Waals surface area (Å²) in [6, 6.07) is 0. The number of unbranched alkanes of at least 4 members (excludes halogenated alkanes) is 1. The zero-order valence-electron chi connectivity index (χ0n) is 8.43. The lowest BCUT2D eigenvalue weighted by Gasteiger charge is -2.09. The summed E-state index contributed by atoms with van der Waals surface area (Å²) in [6.45, 7) is 2.37. The van der Waals surface area contributed by atoms with E-state index < -0.39 is 11.7 Å². The van der Waals surface area contributed by atoms with E-state index in [2.05, 4.69) is 4.98 Å². The molecule has 0 saturated heterocycles. The van der Waals surface area contributed by atoms with Gasteiger partial charge in [-0.2, -0.15) is 0 Å². The van der Waals surface area contributed by atoms with Gasteiger partial charge in [0.1, 0.15) is 11.4 Å². The summed E-state index contributed by atoms with van der Waals surface area (Å²) < 4.78 is 1.19. The van der Waals surface area contributed by atoms with Crippen LogP contribution in [0.3, 0.4) is 0 Å². The van der Waals surface area contributed by atoms with Crippen LogP contribution in [0.1, 0.15) is 30.1 Å². The number of carboxylic acid groups (broad SMARTS) is 1. The lowest BCUT2D eigenvalue weighted by molar-refractivity contribution is 0.0696. The van der Waals surface area contributed by atoms with Crippen LogP contribution in [0.4, 0.5) is 5.82 Å². The van der Waals surface area contributed by atoms with Gasteiger partial charge in [0.05, 0.1) is 6.20 Å². The maximum Gasteiger partial charge on any atom is 0.349 e. The average molecular weight is 211 g/mol. The average Bonchev–Trinajstić information content (AvgIpc) is 2.17. The van der Waals surface area contributed by atoms with Crippen LogP contribution in [0.2, 0.25) is 0 Å². The SMILES string of the molecule is CCCCn1c(N)c(C(=O)O)cnc1=O. The molecule has 0 aliphatic heterocycles. The third-order valence-corrected chi connectivity index (χ3v) is 2.07. The highest BCUT2D eigenvalue weighted by molar-refractivity contribution is 5.92. The van der Waals surface area contributed by atoms with Crippen LogP contribution in [0, 0.1) is 0 Å². The minimum atomic E-state index is -1.18. The molecule has 0 fully saturated rings. The summed E-state index contributed by atoms with van der Waals surface area (Å²) in [5, 5.41) is 8.77. The van der Waals surface area contributed by atoms with Crippen LogP contribution >= 0.6 is 0 Å². The molecule has 82 valence electrons. The number of carbonyl (C=O) groups is 1. The summed E-state index contributed by atoms with van der Waals surface area (Å²) >= 11 is 0. The van der Waals surface area contributed by atoms with Gasteiger partial charge in [-0.25, -0.2) is 14.6 Å². The zero-order chi connectivity index (χ0) is 11.4. The maximum absolute atomic E-state index is 11.3. The first-order chi connectivity index (χ1) is 7.07. The number of aromatic nitrogens is 2. The van der Waals surface area contributed by atoms with Gasteiger partial charge < -0.3 is 10.8 Å². The highest BCUT2D eigenvalue weighted by Gasteiger charge is 2.13. The molecule has 1 aromatic rings. The molecule has 15 heavy (non-hydrogen) atoms. The molecule has 1 heterocycles. The van der Waals surface area contributed by atoms with Crippen LogP contribution in [0.5, 0.6) is 0 Å². The van der Waals surface area contributed by atoms with Gasteiger partial charge in [0.2, 0.25) is 0 Å². The van der Waals surface area contributed by atoms with Gasteiger partial charge in [0.25, 0.3) is 0 Å². The Morgan fingerprint density at radius 2 is 2.33 bits per heavy atom. The molecule has 0 amide bonds. The first kappa shape index (κ1) is 11.2. The molecule has 0 unspecified atom stereocenters. The molecule has 0 atom stereocenters. The summed E-state index contributed by atoms with van der Waals surface area (Å²) in [4.78, 5) is 25.5. The number of rotatable bonds is 4. The predicted molar refractivity (Wildman–Crippen MR) is 54.8 cm³/mol. The van der Waals surface area contributed by atoms with E-state index in [1.54, 1.807) is 0 Å². The van der Waals surface area contributed by atoms with Crippen molar-refractivity contribution in [2.75, 3.05) is 5.73 Å². The van der Waals surface area contributed by atoms with Gasteiger partial charge in [-0.1, -0.05) is 13.3 Å². The Hall–Kier alpha value is -1.85. The van der Waals surface area contributed by atoms with Crippen LogP contribution in [-0.2, 0) is 6.54 Å². The van der Waals surface area contributed by atoms with E-state index in [9.17, 15) is 9.59 Å². The van der Waals surface area contributed by atoms with Crippen molar-refractivity contribution in [3.63, 3.8) is 0 Å². The zero-order valence-corrected chi connectivity index (χ0v) is 8.43. The summed E-state index contributed by atoms with van der Waals surface area (Å²) in [7, 11) is 0. The lowest BCUT2D eigenvalue weighted by atomic mass is 10.3. The van der Waals surface area contributed by atoms with Gasteiger partial charge >= 0.3 is 11.7 Å². The second-order valence-electron chi connectivity index (χ2n) is 3.15. The fourth-order valence-electron chi connectivity index (χ4n) is 1.20. The quantitative estimate of drug-likeness (QED) is 0.747. The number of anilines is 1. The Bertz CT molecular complexity index is 425. The van der Waals surface area contributed by atoms with Gasteiger partial charge in [-0.3, -0.25) is 4.57 Å². The Balaban J connectivity index is 3.18. The number of aromatic carboxylic acids is 1. The molecule has 0 aromatic carbocycles. The largest absolute Gasteiger partial charge is 0.478 e. The second kappa shape index (κ2) is 4.59. The molecule has 0 bridgehead atoms. The normalized spacial score (nSPS) is 10.2. The van der Waals surface area contributed by atoms with E-state index >= 15 is 0 Å². The third kappa shape index (κ3) is 2.34. The molecule has 0 spiro atoms. The Morgan fingerprint density at radius 3 is 2.87 bits per heavy atom. The molecular formula is C9H13N3O3. The fraction of sp³-hybridized carbons (Fsp3) is 0.444. The molecule has 0 aliphatic rings. The maximum atomic E-state index is 11.3. The number of hydrogen-bond acceptors (Lipinski definition) is 4. The summed E-state index contributed by atoms with van der Waals surface area (Å²) in [5.74, 6) is -1.21. The highest BCUT2D eigenvalue weighted by atomic mass is 16.4. The van der Waals surface area contributed by atoms with Gasteiger partial charge in [-0.15, -0.1) is 0 Å². The van der Waals surface area contributed by atoms with Gasteiger partial charge in [-0.05, 0) is 6.42 Å². The van der Waals surface area contributed by atoms with E-state index in [1.165, 1.54) is 4.57 Å². The molecular weight excluding hydrogens is 198 g/mol. The Labute approximate surface area is 86.4 Å². The van der Waals surface area contributed by atoms with E-state index in [4.69, 9.17) is 10.8 Å². The van der Waals surface area contributed by atoms with E-state index in [0.29, 0.717) is 6.54 Å². The molecule has 0 saturated carbocycles. The molecule has 1 aromatic heterocycles. The van der Waals surface area contributed by atoms with Crippen molar-refractivity contribution in [1.29, 1.82) is 0 Å². The monoisotopic (exact) mass is 211 g/mol. The molecule has 6 heteroatoms. The fourth-order valence-corrected chi connectivity index (χ4v) is 1.20. The molecule has 0 radical (unpaired) electrons. The first-order valence-corrected chi connectivity index (χ1v) is 4.66. The predicted octanol–water partition coefficient (Wildman–Crippen LogP) is 0.324. The minimum Gasteiger partial charge on any atom is -0.478 e. The number of nitrogens with two attached hydrogens (primary N) is 1. The van der Waals surface area contributed by atoms with E-state index in [1.807, 2.05) is 6.92 Å². The number of carboxylic acids is 1. The molecule has 0 aliphatic carbocycles.